The molecule has 0 aliphatic carbocycles. The van der Waals surface area contributed by atoms with Crippen molar-refractivity contribution in [2.45, 2.75) is 52.4 Å². The fraction of sp³-hybridized carbons (Fsp3) is 0.182. The second kappa shape index (κ2) is 9.23. The highest BCUT2D eigenvalue weighted by atomic mass is 16.5. The lowest BCUT2D eigenvalue weighted by Gasteiger charge is -2.44. The van der Waals surface area contributed by atoms with Gasteiger partial charge in [0.15, 0.2) is 0 Å². The number of hydrogen-bond donors (Lipinski definition) is 0. The molecular formula is C44H37BN2O. The molecule has 0 fully saturated rings. The smallest absolute Gasteiger partial charge is 0.333 e. The average Bonchev–Trinajstić information content (AvgIpc) is 3.41. The normalized spacial score (nSPS) is 15.1. The summed E-state index contributed by atoms with van der Waals surface area (Å²) in [5, 5.41) is 2.60. The van der Waals surface area contributed by atoms with Gasteiger partial charge in [-0.05, 0) is 70.3 Å². The summed E-state index contributed by atoms with van der Waals surface area (Å²) in [6, 6.07) is 43.0. The Labute approximate surface area is 282 Å². The van der Waals surface area contributed by atoms with E-state index in [2.05, 4.69) is 166 Å². The summed E-state index contributed by atoms with van der Waals surface area (Å²) in [5.41, 5.74) is 16.3. The van der Waals surface area contributed by atoms with Crippen LogP contribution in [-0.2, 0) is 10.8 Å². The number of para-hydroxylation sites is 4. The van der Waals surface area contributed by atoms with Crippen LogP contribution in [0.25, 0.3) is 38.6 Å². The highest BCUT2D eigenvalue weighted by molar-refractivity contribution is 6.93. The summed E-state index contributed by atoms with van der Waals surface area (Å²) >= 11 is 0. The zero-order valence-corrected chi connectivity index (χ0v) is 28.3. The van der Waals surface area contributed by atoms with Gasteiger partial charge in [-0.15, -0.1) is 0 Å². The number of anilines is 2. The largest absolute Gasteiger partial charge is 0.457 e. The standard InChI is InChI=1S/C44H37BN2O/c1-26-14-7-10-19-35(26)47-37-25-40-33(44(5,6)32-17-9-12-21-39(32)48-40)24-30(37)31-22-27(43(2,3)4)23-38-41(31)45(47)34-18-13-16-29-28-15-8-11-20-36(28)46(38)42(29)34/h7-25H,1-6H3. The van der Waals surface area contributed by atoms with E-state index >= 15 is 0 Å². The molecule has 0 radical (unpaired) electrons. The summed E-state index contributed by atoms with van der Waals surface area (Å²) in [6.45, 7) is 13.9. The fourth-order valence-electron chi connectivity index (χ4n) is 8.84. The predicted molar refractivity (Wildman–Crippen MR) is 202 cm³/mol. The maximum atomic E-state index is 6.79. The van der Waals surface area contributed by atoms with Crippen molar-refractivity contribution in [3.63, 3.8) is 0 Å². The first-order valence-electron chi connectivity index (χ1n) is 17.1. The maximum absolute atomic E-state index is 6.79. The van der Waals surface area contributed by atoms with Gasteiger partial charge in [0.05, 0.1) is 11.0 Å². The van der Waals surface area contributed by atoms with E-state index in [1.807, 2.05) is 0 Å². The van der Waals surface area contributed by atoms with E-state index in [0.29, 0.717) is 0 Å². The Morgan fingerprint density at radius 1 is 0.646 bits per heavy atom. The van der Waals surface area contributed by atoms with Crippen molar-refractivity contribution in [3.05, 3.63) is 138 Å². The molecule has 10 rings (SSSR count). The first kappa shape index (κ1) is 27.9. The zero-order chi connectivity index (χ0) is 32.7. The molecule has 4 heterocycles. The molecule has 232 valence electrons. The molecule has 6 aromatic carbocycles. The van der Waals surface area contributed by atoms with Crippen LogP contribution < -0.4 is 20.5 Å². The molecule has 3 nitrogen and oxygen atoms in total. The molecule has 0 saturated heterocycles. The highest BCUT2D eigenvalue weighted by Gasteiger charge is 2.46. The van der Waals surface area contributed by atoms with Gasteiger partial charge in [-0.25, -0.2) is 0 Å². The second-order valence-electron chi connectivity index (χ2n) is 15.5. The van der Waals surface area contributed by atoms with Crippen LogP contribution in [0.15, 0.2) is 115 Å². The molecule has 3 aliphatic heterocycles. The van der Waals surface area contributed by atoms with Gasteiger partial charge < -0.3 is 14.1 Å². The van der Waals surface area contributed by atoms with Crippen LogP contribution in [-0.4, -0.2) is 11.4 Å². The lowest BCUT2D eigenvalue weighted by atomic mass is 9.43. The third-order valence-electron chi connectivity index (χ3n) is 11.3. The zero-order valence-electron chi connectivity index (χ0n) is 28.3. The monoisotopic (exact) mass is 620 g/mol. The van der Waals surface area contributed by atoms with Gasteiger partial charge in [-0.2, -0.15) is 0 Å². The van der Waals surface area contributed by atoms with E-state index in [0.717, 1.165) is 11.5 Å². The van der Waals surface area contributed by atoms with Crippen molar-refractivity contribution >= 4 is 51.0 Å². The Morgan fingerprint density at radius 2 is 1.40 bits per heavy atom. The van der Waals surface area contributed by atoms with Gasteiger partial charge in [-0.3, -0.25) is 0 Å². The Balaban J connectivity index is 1.39. The summed E-state index contributed by atoms with van der Waals surface area (Å²) in [7, 11) is 0. The molecule has 0 bridgehead atoms. The first-order valence-corrected chi connectivity index (χ1v) is 17.1. The molecule has 48 heavy (non-hydrogen) atoms. The van der Waals surface area contributed by atoms with Gasteiger partial charge >= 0.3 is 6.85 Å². The van der Waals surface area contributed by atoms with E-state index in [4.69, 9.17) is 4.74 Å². The quantitative estimate of drug-likeness (QED) is 0.170. The minimum Gasteiger partial charge on any atom is -0.457 e. The second-order valence-corrected chi connectivity index (χ2v) is 15.5. The first-order chi connectivity index (χ1) is 23.1. The Morgan fingerprint density at radius 3 is 2.23 bits per heavy atom. The van der Waals surface area contributed by atoms with E-state index in [1.54, 1.807) is 0 Å². The molecule has 0 saturated carbocycles. The number of hydrogen-bond acceptors (Lipinski definition) is 2. The van der Waals surface area contributed by atoms with Crippen LogP contribution in [0.5, 0.6) is 11.5 Å². The topological polar surface area (TPSA) is 17.4 Å². The van der Waals surface area contributed by atoms with Crippen LogP contribution in [0.2, 0.25) is 0 Å². The van der Waals surface area contributed by atoms with Crippen molar-refractivity contribution in [3.8, 4) is 28.3 Å². The molecular weight excluding hydrogens is 583 g/mol. The molecule has 7 aromatic rings. The van der Waals surface area contributed by atoms with Gasteiger partial charge in [0.25, 0.3) is 0 Å². The van der Waals surface area contributed by atoms with Gasteiger partial charge in [0.1, 0.15) is 11.5 Å². The number of ether oxygens (including phenoxy) is 1. The Bertz CT molecular complexity index is 2530. The summed E-state index contributed by atoms with van der Waals surface area (Å²) < 4.78 is 9.35. The van der Waals surface area contributed by atoms with Crippen LogP contribution in [0, 0.1) is 6.92 Å². The SMILES string of the molecule is Cc1ccccc1N1B2c3c(cc(C(C)(C)C)cc3-n3c4ccccc4c4cccc2c43)-c2cc3c(cc21)Oc1ccccc1C3(C)C. The van der Waals surface area contributed by atoms with Crippen molar-refractivity contribution in [1.29, 1.82) is 0 Å². The third-order valence-corrected chi connectivity index (χ3v) is 11.3. The third kappa shape index (κ3) is 3.50. The molecule has 3 aliphatic rings. The minimum absolute atomic E-state index is 0.0138. The Kier molecular flexibility index (Phi) is 5.36. The van der Waals surface area contributed by atoms with E-state index in [-0.39, 0.29) is 17.7 Å². The Hall–Kier alpha value is -5.22. The number of benzene rings is 6. The molecule has 0 unspecified atom stereocenters. The summed E-state index contributed by atoms with van der Waals surface area (Å²) in [4.78, 5) is 2.61. The lowest BCUT2D eigenvalue weighted by Crippen LogP contribution is -2.61. The lowest BCUT2D eigenvalue weighted by molar-refractivity contribution is 0.418. The van der Waals surface area contributed by atoms with Crippen LogP contribution in [0.4, 0.5) is 11.4 Å². The average molecular weight is 621 g/mol. The number of aryl methyl sites for hydroxylation is 1. The predicted octanol–water partition coefficient (Wildman–Crippen LogP) is 10.1. The highest BCUT2D eigenvalue weighted by Crippen LogP contribution is 2.54. The van der Waals surface area contributed by atoms with Crippen molar-refractivity contribution in [2.75, 3.05) is 4.81 Å². The molecule has 1 aromatic heterocycles. The van der Waals surface area contributed by atoms with Gasteiger partial charge in [0, 0.05) is 56.0 Å². The van der Waals surface area contributed by atoms with Crippen LogP contribution >= 0.6 is 0 Å². The number of fused-ring (bicyclic) bond motifs is 9. The minimum atomic E-state index is -0.222. The van der Waals surface area contributed by atoms with Crippen molar-refractivity contribution in [2.24, 2.45) is 0 Å². The number of rotatable bonds is 1. The van der Waals surface area contributed by atoms with E-state index in [9.17, 15) is 0 Å². The molecule has 0 atom stereocenters. The van der Waals surface area contributed by atoms with E-state index in [1.165, 1.54) is 83.2 Å². The van der Waals surface area contributed by atoms with Crippen molar-refractivity contribution < 1.29 is 4.74 Å². The molecule has 0 spiro atoms. The van der Waals surface area contributed by atoms with Gasteiger partial charge in [-0.1, -0.05) is 113 Å². The summed E-state index contributed by atoms with van der Waals surface area (Å²) in [6.07, 6.45) is 0. The van der Waals surface area contributed by atoms with Crippen molar-refractivity contribution in [1.82, 2.24) is 4.57 Å². The van der Waals surface area contributed by atoms with Crippen LogP contribution in [0.1, 0.15) is 56.9 Å². The maximum Gasteiger partial charge on any atom is 0.333 e. The molecule has 0 amide bonds. The number of aromatic nitrogens is 1. The van der Waals surface area contributed by atoms with Gasteiger partial charge in [0.2, 0.25) is 0 Å². The molecule has 0 N–H and O–H groups in total. The molecule has 4 heteroatoms. The van der Waals surface area contributed by atoms with Crippen LogP contribution in [0.3, 0.4) is 0 Å². The fourth-order valence-corrected chi connectivity index (χ4v) is 8.84. The van der Waals surface area contributed by atoms with E-state index < -0.39 is 0 Å². The number of nitrogens with zero attached hydrogens (tertiary/aromatic N) is 2. The summed E-state index contributed by atoms with van der Waals surface area (Å²) in [5.74, 6) is 1.88.